The van der Waals surface area contributed by atoms with Crippen molar-refractivity contribution in [3.8, 4) is 17.1 Å². The summed E-state index contributed by atoms with van der Waals surface area (Å²) >= 11 is 0. The van der Waals surface area contributed by atoms with Crippen molar-refractivity contribution < 1.29 is 27.4 Å². The van der Waals surface area contributed by atoms with Gasteiger partial charge in [0, 0.05) is 43.0 Å². The van der Waals surface area contributed by atoms with E-state index in [4.69, 9.17) is 9.72 Å². The molecule has 1 fully saturated rings. The van der Waals surface area contributed by atoms with Gasteiger partial charge in [0.05, 0.1) is 28.0 Å². The van der Waals surface area contributed by atoms with Crippen molar-refractivity contribution >= 4 is 40.2 Å². The van der Waals surface area contributed by atoms with Gasteiger partial charge in [-0.2, -0.15) is 4.98 Å². The maximum Gasteiger partial charge on any atom is 0.335 e. The highest BCUT2D eigenvalue weighted by atomic mass is 35.5. The number of carboxylic acids is 1. The summed E-state index contributed by atoms with van der Waals surface area (Å²) in [6.07, 6.45) is 7.63. The molecule has 0 bridgehead atoms. The Bertz CT molecular complexity index is 1940. The third-order valence-corrected chi connectivity index (χ3v) is 10.2. The lowest BCUT2D eigenvalue weighted by Gasteiger charge is -2.34. The van der Waals surface area contributed by atoms with Crippen LogP contribution in [-0.2, 0) is 16.6 Å². The number of aryl methyl sites for hydroxylation is 2. The molecule has 2 aromatic heterocycles. The highest BCUT2D eigenvalue weighted by Gasteiger charge is 2.24. The lowest BCUT2D eigenvalue weighted by molar-refractivity contribution is 0.0696. The highest BCUT2D eigenvalue weighted by molar-refractivity contribution is 7.92. The van der Waals surface area contributed by atoms with Crippen LogP contribution in [0.3, 0.4) is 0 Å². The second-order valence-corrected chi connectivity index (χ2v) is 15.4. The highest BCUT2D eigenvalue weighted by Crippen LogP contribution is 2.30. The average Bonchev–Trinajstić information content (AvgIpc) is 3.07. The molecule has 0 amide bonds. The number of aromatic carboxylic acids is 1. The van der Waals surface area contributed by atoms with Crippen molar-refractivity contribution in [3.63, 3.8) is 0 Å². The Morgan fingerprint density at radius 3 is 2.50 bits per heavy atom. The van der Waals surface area contributed by atoms with Gasteiger partial charge < -0.3 is 20.1 Å². The number of rotatable bonds is 15. The number of aromatic nitrogens is 4. The number of ether oxygens (including phenoxy) is 1. The zero-order valence-corrected chi connectivity index (χ0v) is 31.7. The zero-order valence-electron chi connectivity index (χ0n) is 30.1. The van der Waals surface area contributed by atoms with Gasteiger partial charge in [-0.05, 0) is 96.0 Å². The van der Waals surface area contributed by atoms with Crippen LogP contribution in [0.1, 0.15) is 80.1 Å². The number of piperidine rings is 1. The molecule has 1 unspecified atom stereocenters. The lowest BCUT2D eigenvalue weighted by atomic mass is 10.00. The zero-order chi connectivity index (χ0) is 36.8. The van der Waals surface area contributed by atoms with Crippen molar-refractivity contribution in [1.82, 2.24) is 25.3 Å². The number of benzene rings is 2. The predicted octanol–water partition coefficient (Wildman–Crippen LogP) is 6.92. The van der Waals surface area contributed by atoms with Crippen LogP contribution in [0.2, 0.25) is 0 Å². The van der Waals surface area contributed by atoms with Crippen LogP contribution in [0.15, 0.2) is 65.8 Å². The summed E-state index contributed by atoms with van der Waals surface area (Å²) < 4.78 is 50.1. The molecule has 1 saturated heterocycles. The molecule has 2 atom stereocenters. The molecular formula is C37H47ClFN7O5S. The van der Waals surface area contributed by atoms with E-state index in [1.807, 2.05) is 32.0 Å². The van der Waals surface area contributed by atoms with Crippen LogP contribution in [-0.4, -0.2) is 70.3 Å². The first-order valence-electron chi connectivity index (χ1n) is 17.1. The monoisotopic (exact) mass is 755 g/mol. The number of hydrogen-bond acceptors (Lipinski definition) is 10. The van der Waals surface area contributed by atoms with E-state index in [0.717, 1.165) is 53.7 Å². The molecule has 2 aromatic carbocycles. The Morgan fingerprint density at radius 1 is 1.08 bits per heavy atom. The fourth-order valence-electron chi connectivity index (χ4n) is 6.12. The van der Waals surface area contributed by atoms with E-state index in [2.05, 4.69) is 36.8 Å². The summed E-state index contributed by atoms with van der Waals surface area (Å²) in [7, 11) is -4.28. The summed E-state index contributed by atoms with van der Waals surface area (Å²) in [4.78, 5) is 31.8. The quantitative estimate of drug-likeness (QED) is 0.116. The number of halogens is 2. The molecule has 12 nitrogen and oxygen atoms in total. The number of sulfonamides is 1. The molecule has 3 heterocycles. The largest absolute Gasteiger partial charge is 0.478 e. The van der Waals surface area contributed by atoms with Crippen molar-refractivity contribution in [3.05, 3.63) is 83.3 Å². The maximum absolute atomic E-state index is 14.7. The first-order chi connectivity index (χ1) is 24.2. The predicted molar refractivity (Wildman–Crippen MR) is 202 cm³/mol. The van der Waals surface area contributed by atoms with Gasteiger partial charge in [0.2, 0.25) is 11.8 Å². The standard InChI is InChI=1S/C37H46FN7O5S.ClH/c1-24-10-8-11-25(2)34(24)31-19-33(43-36(42-31)44-51(48,49)30-14-9-13-27(18-30)35(46)47)50-23-28(15-16-37(4,5)38)40-21-29-20-39-22-32(41-29)45-17-7-6-12-26(45)3;/h8-11,13-14,18-20,22,26,28,40H,6-7,12,15-17,21,23H2,1-5H3,(H,46,47)(H,42,43,44);1H/t26-,28?;/m1./s1. The summed E-state index contributed by atoms with van der Waals surface area (Å²) in [6.45, 7) is 10.5. The van der Waals surface area contributed by atoms with E-state index in [-0.39, 0.29) is 53.8 Å². The van der Waals surface area contributed by atoms with Gasteiger partial charge in [0.15, 0.2) is 0 Å². The molecule has 0 saturated carbocycles. The number of nitrogens with one attached hydrogen (secondary N) is 2. The van der Waals surface area contributed by atoms with E-state index < -0.39 is 21.7 Å². The summed E-state index contributed by atoms with van der Waals surface area (Å²) in [5, 5.41) is 12.8. The smallest absolute Gasteiger partial charge is 0.335 e. The Kier molecular flexibility index (Phi) is 13.5. The third-order valence-electron chi connectivity index (χ3n) is 8.92. The van der Waals surface area contributed by atoms with E-state index in [9.17, 15) is 22.7 Å². The second-order valence-electron chi connectivity index (χ2n) is 13.7. The lowest BCUT2D eigenvalue weighted by Crippen LogP contribution is -2.38. The fraction of sp³-hybridized carbons (Fsp3) is 0.432. The molecule has 0 radical (unpaired) electrons. The maximum atomic E-state index is 14.7. The number of nitrogens with zero attached hydrogens (tertiary/aromatic N) is 5. The van der Waals surface area contributed by atoms with Crippen molar-refractivity contribution in [2.75, 3.05) is 22.8 Å². The minimum atomic E-state index is -4.28. The van der Waals surface area contributed by atoms with Crippen molar-refractivity contribution in [1.29, 1.82) is 0 Å². The van der Waals surface area contributed by atoms with Crippen LogP contribution >= 0.6 is 12.4 Å². The molecular weight excluding hydrogens is 709 g/mol. The topological polar surface area (TPSA) is 160 Å². The molecule has 1 aliphatic heterocycles. The normalized spacial score (nSPS) is 15.4. The molecule has 1 aliphatic rings. The number of alkyl halides is 1. The molecule has 280 valence electrons. The first kappa shape index (κ1) is 40.4. The van der Waals surface area contributed by atoms with Gasteiger partial charge in [-0.3, -0.25) is 4.98 Å². The van der Waals surface area contributed by atoms with Gasteiger partial charge in [0.1, 0.15) is 18.1 Å². The Hall–Kier alpha value is -4.40. The van der Waals surface area contributed by atoms with E-state index in [1.165, 1.54) is 38.5 Å². The average molecular weight is 756 g/mol. The van der Waals surface area contributed by atoms with Crippen molar-refractivity contribution in [2.45, 2.75) is 95.9 Å². The van der Waals surface area contributed by atoms with Gasteiger partial charge in [-0.1, -0.05) is 24.3 Å². The van der Waals surface area contributed by atoms with Gasteiger partial charge in [-0.25, -0.2) is 32.3 Å². The van der Waals surface area contributed by atoms with Crippen molar-refractivity contribution in [2.24, 2.45) is 0 Å². The van der Waals surface area contributed by atoms with Gasteiger partial charge >= 0.3 is 5.97 Å². The Labute approximate surface area is 311 Å². The van der Waals surface area contributed by atoms with Crippen LogP contribution in [0.5, 0.6) is 5.88 Å². The number of carboxylic acid groups (broad SMARTS) is 1. The molecule has 4 aromatic rings. The van der Waals surface area contributed by atoms with Gasteiger partial charge in [-0.15, -0.1) is 12.4 Å². The van der Waals surface area contributed by atoms with Crippen LogP contribution in [0, 0.1) is 13.8 Å². The molecule has 0 aliphatic carbocycles. The molecule has 3 N–H and O–H groups in total. The molecule has 52 heavy (non-hydrogen) atoms. The summed E-state index contributed by atoms with van der Waals surface area (Å²) in [5.41, 5.74) is 2.20. The molecule has 0 spiro atoms. The molecule has 5 rings (SSSR count). The van der Waals surface area contributed by atoms with Crippen LogP contribution in [0.4, 0.5) is 16.2 Å². The van der Waals surface area contributed by atoms with E-state index in [1.54, 1.807) is 18.5 Å². The van der Waals surface area contributed by atoms with E-state index in [0.29, 0.717) is 24.7 Å². The minimum absolute atomic E-state index is 0. The summed E-state index contributed by atoms with van der Waals surface area (Å²) in [6, 6.07) is 12.5. The van der Waals surface area contributed by atoms with Gasteiger partial charge in [0.25, 0.3) is 10.0 Å². The third kappa shape index (κ3) is 10.8. The Balaban J connectivity index is 0.00000605. The first-order valence-corrected chi connectivity index (χ1v) is 18.6. The fourth-order valence-corrected chi connectivity index (χ4v) is 7.11. The number of carbonyl (C=O) groups is 1. The minimum Gasteiger partial charge on any atom is -0.478 e. The summed E-state index contributed by atoms with van der Waals surface area (Å²) in [5.74, 6) is -0.568. The second kappa shape index (κ2) is 17.4. The van der Waals surface area contributed by atoms with E-state index >= 15 is 0 Å². The van der Waals surface area contributed by atoms with Crippen LogP contribution in [0.25, 0.3) is 11.3 Å². The Morgan fingerprint density at radius 2 is 1.81 bits per heavy atom. The number of hydrogen-bond donors (Lipinski definition) is 3. The number of anilines is 2. The SMILES string of the molecule is Cc1cccc(C)c1-c1cc(OCC(CCC(C)(C)F)NCc2cncc(N3CCCC[C@H]3C)n2)nc(NS(=O)(=O)c2cccc(C(=O)O)c2)n1.Cl. The van der Waals surface area contributed by atoms with Crippen LogP contribution < -0.4 is 19.7 Å². The molecule has 15 heteroatoms.